The number of amides is 2. The van der Waals surface area contributed by atoms with Gasteiger partial charge >= 0.3 is 6.03 Å². The zero-order chi connectivity index (χ0) is 16.8. The first-order valence-corrected chi connectivity index (χ1v) is 8.26. The smallest absolute Gasteiger partial charge is 0.315 e. The minimum atomic E-state index is -0.166. The molecule has 0 spiro atoms. The monoisotopic (exact) mass is 342 g/mol. The molecule has 3 rings (SSSR count). The summed E-state index contributed by atoms with van der Waals surface area (Å²) in [5.41, 5.74) is 3.12. The predicted molar refractivity (Wildman–Crippen MR) is 96.0 cm³/mol. The van der Waals surface area contributed by atoms with Crippen LogP contribution in [0.5, 0.6) is 0 Å². The van der Waals surface area contributed by atoms with Crippen molar-refractivity contribution in [2.24, 2.45) is 0 Å². The molecule has 0 aliphatic rings. The Morgan fingerprint density at radius 2 is 1.88 bits per heavy atom. The third kappa shape index (κ3) is 4.26. The van der Waals surface area contributed by atoms with Crippen molar-refractivity contribution in [2.45, 2.75) is 19.5 Å². The van der Waals surface area contributed by atoms with Crippen LogP contribution < -0.4 is 10.6 Å². The highest BCUT2D eigenvalue weighted by Crippen LogP contribution is 2.12. The number of fused-ring (bicyclic) bond motifs is 1. The van der Waals surface area contributed by atoms with Crippen molar-refractivity contribution in [1.29, 1.82) is 0 Å². The largest absolute Gasteiger partial charge is 0.338 e. The number of benzene rings is 2. The van der Waals surface area contributed by atoms with Crippen molar-refractivity contribution in [3.8, 4) is 0 Å². The van der Waals surface area contributed by atoms with Crippen LogP contribution in [0.1, 0.15) is 12.0 Å². The third-order valence-corrected chi connectivity index (χ3v) is 4.01. The van der Waals surface area contributed by atoms with Gasteiger partial charge in [0.25, 0.3) is 0 Å². The zero-order valence-corrected chi connectivity index (χ0v) is 14.0. The van der Waals surface area contributed by atoms with Crippen LogP contribution in [0.2, 0.25) is 5.02 Å². The summed E-state index contributed by atoms with van der Waals surface area (Å²) in [4.78, 5) is 16.1. The molecule has 124 valence electrons. The van der Waals surface area contributed by atoms with Crippen molar-refractivity contribution in [3.63, 3.8) is 0 Å². The summed E-state index contributed by atoms with van der Waals surface area (Å²) in [6.45, 7) is 1.91. The van der Waals surface area contributed by atoms with E-state index in [1.807, 2.05) is 48.8 Å². The van der Waals surface area contributed by atoms with E-state index in [9.17, 15) is 4.79 Å². The average molecular weight is 343 g/mol. The first-order valence-electron chi connectivity index (χ1n) is 7.88. The molecule has 0 saturated heterocycles. The van der Waals surface area contributed by atoms with Crippen LogP contribution in [0.4, 0.5) is 4.79 Å². The summed E-state index contributed by atoms with van der Waals surface area (Å²) in [5.74, 6) is 0. The first kappa shape index (κ1) is 16.3. The number of para-hydroxylation sites is 2. The van der Waals surface area contributed by atoms with Gasteiger partial charge in [0.15, 0.2) is 0 Å². The maximum Gasteiger partial charge on any atom is 0.315 e. The molecule has 0 saturated carbocycles. The Bertz CT molecular complexity index is 813. The summed E-state index contributed by atoms with van der Waals surface area (Å²) in [6.07, 6.45) is 2.68. The van der Waals surface area contributed by atoms with E-state index < -0.39 is 0 Å². The average Bonchev–Trinajstić information content (AvgIpc) is 3.01. The lowest BCUT2D eigenvalue weighted by Crippen LogP contribution is -2.35. The summed E-state index contributed by atoms with van der Waals surface area (Å²) in [5, 5.41) is 6.38. The van der Waals surface area contributed by atoms with Gasteiger partial charge in [-0.05, 0) is 36.2 Å². The molecule has 0 radical (unpaired) electrons. The van der Waals surface area contributed by atoms with E-state index in [1.165, 1.54) is 0 Å². The molecule has 24 heavy (non-hydrogen) atoms. The molecule has 0 bridgehead atoms. The Balaban J connectivity index is 1.38. The maximum atomic E-state index is 11.8. The molecular formula is C18H19ClN4O. The van der Waals surface area contributed by atoms with Crippen LogP contribution in [-0.2, 0) is 13.1 Å². The van der Waals surface area contributed by atoms with Crippen LogP contribution >= 0.6 is 11.6 Å². The minimum Gasteiger partial charge on any atom is -0.338 e. The Labute approximate surface area is 145 Å². The van der Waals surface area contributed by atoms with Crippen molar-refractivity contribution in [3.05, 3.63) is 65.4 Å². The summed E-state index contributed by atoms with van der Waals surface area (Å²) in [6, 6.07) is 15.3. The molecule has 1 heterocycles. The van der Waals surface area contributed by atoms with E-state index in [0.29, 0.717) is 18.1 Å². The van der Waals surface area contributed by atoms with Crippen LogP contribution in [-0.4, -0.2) is 22.1 Å². The predicted octanol–water partition coefficient (Wildman–Crippen LogP) is 3.58. The fourth-order valence-corrected chi connectivity index (χ4v) is 2.61. The number of hydrogen-bond donors (Lipinski definition) is 2. The number of rotatable bonds is 6. The van der Waals surface area contributed by atoms with Gasteiger partial charge in [-0.2, -0.15) is 0 Å². The summed E-state index contributed by atoms with van der Waals surface area (Å²) in [7, 11) is 0. The van der Waals surface area contributed by atoms with Crippen molar-refractivity contribution < 1.29 is 4.79 Å². The van der Waals surface area contributed by atoms with Crippen molar-refractivity contribution >= 4 is 28.7 Å². The highest BCUT2D eigenvalue weighted by molar-refractivity contribution is 6.30. The molecule has 3 aromatic rings. The third-order valence-electron chi connectivity index (χ3n) is 3.76. The number of carbonyl (C=O) groups is 1. The zero-order valence-electron chi connectivity index (χ0n) is 13.2. The lowest BCUT2D eigenvalue weighted by atomic mass is 10.2. The second-order valence-corrected chi connectivity index (χ2v) is 5.95. The van der Waals surface area contributed by atoms with Crippen LogP contribution in [0.15, 0.2) is 54.9 Å². The lowest BCUT2D eigenvalue weighted by molar-refractivity contribution is 0.240. The summed E-state index contributed by atoms with van der Waals surface area (Å²) >= 11 is 5.83. The normalized spacial score (nSPS) is 10.7. The Morgan fingerprint density at radius 1 is 1.08 bits per heavy atom. The molecule has 5 nitrogen and oxygen atoms in total. The van der Waals surface area contributed by atoms with E-state index in [2.05, 4.69) is 26.3 Å². The molecule has 0 aliphatic carbocycles. The summed E-state index contributed by atoms with van der Waals surface area (Å²) < 4.78 is 2.10. The highest BCUT2D eigenvalue weighted by Gasteiger charge is 2.02. The van der Waals surface area contributed by atoms with E-state index in [4.69, 9.17) is 11.6 Å². The van der Waals surface area contributed by atoms with Crippen molar-refractivity contribution in [1.82, 2.24) is 20.2 Å². The lowest BCUT2D eigenvalue weighted by Gasteiger charge is -2.08. The van der Waals surface area contributed by atoms with E-state index in [-0.39, 0.29) is 6.03 Å². The number of carbonyl (C=O) groups excluding carboxylic acids is 1. The number of hydrogen-bond acceptors (Lipinski definition) is 2. The Hall–Kier alpha value is -2.53. The van der Waals surface area contributed by atoms with Crippen LogP contribution in [0.3, 0.4) is 0 Å². The van der Waals surface area contributed by atoms with Gasteiger partial charge in [-0.25, -0.2) is 9.78 Å². The molecule has 2 amide bonds. The first-order chi connectivity index (χ1) is 11.7. The van der Waals surface area contributed by atoms with E-state index in [1.54, 1.807) is 0 Å². The molecular weight excluding hydrogens is 324 g/mol. The van der Waals surface area contributed by atoms with E-state index >= 15 is 0 Å². The second kappa shape index (κ2) is 7.84. The van der Waals surface area contributed by atoms with Gasteiger partial charge in [-0.15, -0.1) is 0 Å². The number of imidazole rings is 1. The second-order valence-electron chi connectivity index (χ2n) is 5.52. The quantitative estimate of drug-likeness (QED) is 0.673. The van der Waals surface area contributed by atoms with Gasteiger partial charge in [-0.3, -0.25) is 0 Å². The molecule has 2 N–H and O–H groups in total. The number of nitrogens with one attached hydrogen (secondary N) is 2. The molecule has 1 aromatic heterocycles. The number of aromatic nitrogens is 2. The SMILES string of the molecule is O=C(NCCCn1cnc2ccccc21)NCc1ccc(Cl)cc1. The maximum absolute atomic E-state index is 11.8. The highest BCUT2D eigenvalue weighted by atomic mass is 35.5. The Morgan fingerprint density at radius 3 is 2.71 bits per heavy atom. The molecule has 2 aromatic carbocycles. The Kier molecular flexibility index (Phi) is 5.33. The van der Waals surface area contributed by atoms with Gasteiger partial charge in [0.1, 0.15) is 0 Å². The number of nitrogens with zero attached hydrogens (tertiary/aromatic N) is 2. The number of aryl methyl sites for hydroxylation is 1. The molecule has 0 atom stereocenters. The number of halogens is 1. The van der Waals surface area contributed by atoms with Crippen molar-refractivity contribution in [2.75, 3.05) is 6.54 Å². The van der Waals surface area contributed by atoms with Gasteiger partial charge in [0.05, 0.1) is 17.4 Å². The fraction of sp³-hybridized carbons (Fsp3) is 0.222. The minimum absolute atomic E-state index is 0.166. The molecule has 0 aliphatic heterocycles. The van der Waals surface area contributed by atoms with E-state index in [0.717, 1.165) is 29.6 Å². The molecule has 0 unspecified atom stereocenters. The van der Waals surface area contributed by atoms with Gasteiger partial charge in [0.2, 0.25) is 0 Å². The van der Waals surface area contributed by atoms with Gasteiger partial charge in [-0.1, -0.05) is 35.9 Å². The van der Waals surface area contributed by atoms with Gasteiger partial charge < -0.3 is 15.2 Å². The van der Waals surface area contributed by atoms with Crippen LogP contribution in [0.25, 0.3) is 11.0 Å². The van der Waals surface area contributed by atoms with Gasteiger partial charge in [0, 0.05) is 24.7 Å². The number of urea groups is 1. The fourth-order valence-electron chi connectivity index (χ4n) is 2.49. The molecule has 0 fully saturated rings. The van der Waals surface area contributed by atoms with Crippen LogP contribution in [0, 0.1) is 0 Å². The topological polar surface area (TPSA) is 59.0 Å². The molecule has 6 heteroatoms. The standard InChI is InChI=1S/C18H19ClN4O/c19-15-8-6-14(7-9-15)12-21-18(24)20-10-3-11-23-13-22-16-4-1-2-5-17(16)23/h1-2,4-9,13H,3,10-12H2,(H2,20,21,24).